The quantitative estimate of drug-likeness (QED) is 0.296. The number of nitrogens with zero attached hydrogens (tertiary/aromatic N) is 5. The smallest absolute Gasteiger partial charge is 0.253 e. The van der Waals surface area contributed by atoms with Crippen LogP contribution >= 0.6 is 11.6 Å². The third-order valence-corrected chi connectivity index (χ3v) is 8.05. The molecule has 10 heteroatoms. The summed E-state index contributed by atoms with van der Waals surface area (Å²) in [5.74, 6) is -1.12. The second kappa shape index (κ2) is 11.6. The van der Waals surface area contributed by atoms with Gasteiger partial charge in [0.15, 0.2) is 0 Å². The molecule has 2 aliphatic rings. The number of nitrogens with one attached hydrogen (secondary N) is 1. The number of carbonyl (C=O) groups excluding carboxylic acids is 1. The first-order chi connectivity index (χ1) is 20.3. The van der Waals surface area contributed by atoms with Gasteiger partial charge in [0.1, 0.15) is 11.6 Å². The molecule has 0 atom stereocenters. The van der Waals surface area contributed by atoms with Gasteiger partial charge in [0.25, 0.3) is 5.91 Å². The molecule has 1 aromatic heterocycles. The summed E-state index contributed by atoms with van der Waals surface area (Å²) in [7, 11) is 4.15. The highest BCUT2D eigenvalue weighted by atomic mass is 35.5. The van der Waals surface area contributed by atoms with Crippen LogP contribution in [0.4, 0.5) is 20.4 Å². The average Bonchev–Trinajstić information content (AvgIpc) is 3.13. The molecular formula is C32H29ClF2N6O. The van der Waals surface area contributed by atoms with Crippen molar-refractivity contribution in [1.82, 2.24) is 19.8 Å². The van der Waals surface area contributed by atoms with Crippen LogP contribution in [0, 0.1) is 11.6 Å². The fourth-order valence-electron chi connectivity index (χ4n) is 5.55. The summed E-state index contributed by atoms with van der Waals surface area (Å²) in [4.78, 5) is 31.2. The number of hydrogen-bond donors (Lipinski definition) is 1. The number of halogens is 3. The molecule has 1 N–H and O–H groups in total. The van der Waals surface area contributed by atoms with Crippen molar-refractivity contribution in [2.24, 2.45) is 4.99 Å². The Labute approximate surface area is 247 Å². The molecule has 0 radical (unpaired) electrons. The third kappa shape index (κ3) is 5.49. The van der Waals surface area contributed by atoms with E-state index < -0.39 is 11.6 Å². The number of amides is 1. The lowest BCUT2D eigenvalue weighted by molar-refractivity contribution is 0.0663. The first-order valence-electron chi connectivity index (χ1n) is 13.8. The van der Waals surface area contributed by atoms with Gasteiger partial charge < -0.3 is 15.1 Å². The average molecular weight is 587 g/mol. The van der Waals surface area contributed by atoms with Crippen LogP contribution in [-0.2, 0) is 6.54 Å². The summed E-state index contributed by atoms with van der Waals surface area (Å²) in [5, 5.41) is 3.62. The Morgan fingerprint density at radius 2 is 1.74 bits per heavy atom. The van der Waals surface area contributed by atoms with E-state index in [1.54, 1.807) is 30.5 Å². The minimum absolute atomic E-state index is 0.00503. The number of anilines is 2. The lowest BCUT2D eigenvalue weighted by atomic mass is 9.95. The van der Waals surface area contributed by atoms with Gasteiger partial charge in [-0.2, -0.15) is 0 Å². The molecule has 0 bridgehead atoms. The van der Waals surface area contributed by atoms with Crippen molar-refractivity contribution in [3.8, 4) is 11.3 Å². The molecule has 2 aliphatic heterocycles. The number of piperidine rings is 1. The van der Waals surface area contributed by atoms with Crippen LogP contribution in [0.25, 0.3) is 11.3 Å². The van der Waals surface area contributed by atoms with Gasteiger partial charge in [-0.25, -0.2) is 18.7 Å². The van der Waals surface area contributed by atoms with Gasteiger partial charge >= 0.3 is 0 Å². The van der Waals surface area contributed by atoms with Crippen LogP contribution in [0.2, 0.25) is 5.02 Å². The number of benzene rings is 3. The number of rotatable bonds is 5. The van der Waals surface area contributed by atoms with Crippen LogP contribution in [0.3, 0.4) is 0 Å². The number of carbonyl (C=O) groups is 1. The van der Waals surface area contributed by atoms with Crippen molar-refractivity contribution < 1.29 is 13.6 Å². The van der Waals surface area contributed by atoms with Crippen LogP contribution in [0.5, 0.6) is 0 Å². The fraction of sp³-hybridized carbons (Fsp3) is 0.250. The maximum atomic E-state index is 14.8. The van der Waals surface area contributed by atoms with Gasteiger partial charge in [-0.05, 0) is 69.4 Å². The molecule has 0 saturated carbocycles. The number of fused-ring (bicyclic) bond motifs is 3. The molecule has 214 valence electrons. The van der Waals surface area contributed by atoms with Crippen molar-refractivity contribution >= 4 is 34.9 Å². The largest absolute Gasteiger partial charge is 0.339 e. The van der Waals surface area contributed by atoms with E-state index >= 15 is 0 Å². The molecule has 0 spiro atoms. The number of hydrogen-bond acceptors (Lipinski definition) is 6. The highest BCUT2D eigenvalue weighted by Crippen LogP contribution is 2.35. The van der Waals surface area contributed by atoms with E-state index in [1.165, 1.54) is 18.2 Å². The standard InChI is InChI=1S/C32H29ClF2N6O/c1-40(2)23-11-13-41(14-12-23)31(42)19-5-3-6-22(15-19)38-32-37-18-20-17-36-30(28-26(34)7-4-8-27(28)35)25-16-21(33)9-10-24(25)29(20)39-32/h3-10,15-16,18,23H,11-14,17H2,1-2H3,(H,37,38,39). The van der Waals surface area contributed by atoms with E-state index in [-0.39, 0.29) is 23.7 Å². The van der Waals surface area contributed by atoms with E-state index in [2.05, 4.69) is 34.3 Å². The summed E-state index contributed by atoms with van der Waals surface area (Å²) in [6, 6.07) is 16.6. The third-order valence-electron chi connectivity index (χ3n) is 7.81. The Bertz CT molecular complexity index is 1680. The van der Waals surface area contributed by atoms with Gasteiger partial charge in [0, 0.05) is 58.3 Å². The topological polar surface area (TPSA) is 73.7 Å². The minimum atomic E-state index is -0.712. The summed E-state index contributed by atoms with van der Waals surface area (Å²) in [6.07, 6.45) is 3.54. The monoisotopic (exact) mass is 586 g/mol. The van der Waals surface area contributed by atoms with Crippen molar-refractivity contribution in [3.05, 3.63) is 106 Å². The fourth-order valence-corrected chi connectivity index (χ4v) is 5.72. The molecule has 42 heavy (non-hydrogen) atoms. The summed E-state index contributed by atoms with van der Waals surface area (Å²) in [6.45, 7) is 1.56. The SMILES string of the molecule is CN(C)C1CCN(C(=O)c2cccc(Nc3ncc4c(n3)-c3ccc(Cl)cc3C(c3c(F)cccc3F)=NC4)c2)CC1. The van der Waals surface area contributed by atoms with E-state index in [9.17, 15) is 13.6 Å². The predicted molar refractivity (Wildman–Crippen MR) is 161 cm³/mol. The molecule has 0 aliphatic carbocycles. The van der Waals surface area contributed by atoms with Crippen LogP contribution < -0.4 is 5.32 Å². The Kier molecular flexibility index (Phi) is 7.70. The Morgan fingerprint density at radius 3 is 2.48 bits per heavy atom. The second-order valence-corrected chi connectivity index (χ2v) is 11.1. The van der Waals surface area contributed by atoms with Crippen molar-refractivity contribution in [2.75, 3.05) is 32.5 Å². The molecule has 1 saturated heterocycles. The van der Waals surface area contributed by atoms with Gasteiger partial charge in [-0.3, -0.25) is 9.79 Å². The highest BCUT2D eigenvalue weighted by molar-refractivity contribution is 6.31. The Hall–Kier alpha value is -4.21. The molecule has 7 nitrogen and oxygen atoms in total. The van der Waals surface area contributed by atoms with Crippen molar-refractivity contribution in [3.63, 3.8) is 0 Å². The molecular weight excluding hydrogens is 558 g/mol. The predicted octanol–water partition coefficient (Wildman–Crippen LogP) is 6.34. The summed E-state index contributed by atoms with van der Waals surface area (Å²) in [5.41, 5.74) is 3.57. The van der Waals surface area contributed by atoms with Gasteiger partial charge in [-0.15, -0.1) is 0 Å². The number of aromatic nitrogens is 2. The maximum absolute atomic E-state index is 14.8. The van der Waals surface area contributed by atoms with E-state index in [1.807, 2.05) is 23.1 Å². The van der Waals surface area contributed by atoms with Gasteiger partial charge in [-0.1, -0.05) is 29.8 Å². The molecule has 3 heterocycles. The van der Waals surface area contributed by atoms with Crippen molar-refractivity contribution in [2.45, 2.75) is 25.4 Å². The van der Waals surface area contributed by atoms with E-state index in [0.29, 0.717) is 50.6 Å². The zero-order chi connectivity index (χ0) is 29.4. The summed E-state index contributed by atoms with van der Waals surface area (Å²) < 4.78 is 29.7. The Morgan fingerprint density at radius 1 is 1.00 bits per heavy atom. The zero-order valence-corrected chi connectivity index (χ0v) is 24.0. The molecule has 1 amide bonds. The molecule has 1 fully saturated rings. The minimum Gasteiger partial charge on any atom is -0.339 e. The van der Waals surface area contributed by atoms with Gasteiger partial charge in [0.2, 0.25) is 5.95 Å². The number of likely N-dealkylation sites (tertiary alicyclic amines) is 1. The van der Waals surface area contributed by atoms with Crippen molar-refractivity contribution in [1.29, 1.82) is 0 Å². The molecule has 0 unspecified atom stereocenters. The summed E-state index contributed by atoms with van der Waals surface area (Å²) >= 11 is 6.32. The van der Waals surface area contributed by atoms with Gasteiger partial charge in [0.05, 0.1) is 23.5 Å². The van der Waals surface area contributed by atoms with E-state index in [0.717, 1.165) is 25.9 Å². The maximum Gasteiger partial charge on any atom is 0.253 e. The molecule has 6 rings (SSSR count). The highest BCUT2D eigenvalue weighted by Gasteiger charge is 2.26. The first-order valence-corrected chi connectivity index (χ1v) is 14.1. The second-order valence-electron chi connectivity index (χ2n) is 10.7. The van der Waals surface area contributed by atoms with Crippen LogP contribution in [0.15, 0.2) is 71.9 Å². The molecule has 4 aromatic rings. The lowest BCUT2D eigenvalue weighted by Crippen LogP contribution is -2.44. The Balaban J connectivity index is 1.29. The first kappa shape index (κ1) is 27.9. The molecule has 3 aromatic carbocycles. The van der Waals surface area contributed by atoms with Crippen LogP contribution in [0.1, 0.15) is 39.9 Å². The normalized spacial score (nSPS) is 15.1. The number of aliphatic imine (C=N–C) groups is 1. The van der Waals surface area contributed by atoms with Crippen LogP contribution in [-0.4, -0.2) is 64.6 Å². The van der Waals surface area contributed by atoms with E-state index in [4.69, 9.17) is 16.6 Å². The zero-order valence-electron chi connectivity index (χ0n) is 23.2. The lowest BCUT2D eigenvalue weighted by Gasteiger charge is -2.35.